The van der Waals surface area contributed by atoms with E-state index in [0.717, 1.165) is 12.3 Å². The quantitative estimate of drug-likeness (QED) is 0.665. The summed E-state index contributed by atoms with van der Waals surface area (Å²) in [6, 6.07) is 8.45. The predicted molar refractivity (Wildman–Crippen MR) is 74.4 cm³/mol. The second-order valence-corrected chi connectivity index (χ2v) is 5.78. The Morgan fingerprint density at radius 3 is 3.17 bits per heavy atom. The fraction of sp³-hybridized carbons (Fsp3) is 0.462. The predicted octanol–water partition coefficient (Wildman–Crippen LogP) is 2.25. The minimum Gasteiger partial charge on any atom is -0.468 e. The molecule has 0 saturated heterocycles. The van der Waals surface area contributed by atoms with E-state index in [9.17, 15) is 4.79 Å². The van der Waals surface area contributed by atoms with Crippen LogP contribution in [0.15, 0.2) is 29.2 Å². The number of nitrogens with one attached hydrogen (secondary N) is 1. The van der Waals surface area contributed by atoms with Gasteiger partial charge >= 0.3 is 5.97 Å². The van der Waals surface area contributed by atoms with Crippen LogP contribution in [0, 0.1) is 0 Å². The molecule has 0 bridgehead atoms. The van der Waals surface area contributed by atoms with Crippen molar-refractivity contribution in [3.8, 4) is 0 Å². The monoisotopic (exact) mass is 285 g/mol. The summed E-state index contributed by atoms with van der Waals surface area (Å²) in [4.78, 5) is 12.5. The Morgan fingerprint density at radius 1 is 1.61 bits per heavy atom. The minimum absolute atomic E-state index is 0.384. The molecular weight excluding hydrogens is 270 g/mol. The van der Waals surface area contributed by atoms with Crippen molar-refractivity contribution in [1.29, 1.82) is 0 Å². The second kappa shape index (κ2) is 6.45. The molecule has 2 unspecified atom stereocenters. The zero-order valence-electron chi connectivity index (χ0n) is 10.2. The van der Waals surface area contributed by atoms with Crippen molar-refractivity contribution in [1.82, 2.24) is 5.32 Å². The minimum atomic E-state index is -0.612. The number of halogens is 1. The van der Waals surface area contributed by atoms with Crippen LogP contribution in [0.4, 0.5) is 0 Å². The molecule has 1 aromatic rings. The van der Waals surface area contributed by atoms with Gasteiger partial charge in [0.25, 0.3) is 0 Å². The summed E-state index contributed by atoms with van der Waals surface area (Å²) in [6.45, 7) is 1.28. The largest absolute Gasteiger partial charge is 0.468 e. The number of fused-ring (bicyclic) bond motifs is 1. The highest BCUT2D eigenvalue weighted by Crippen LogP contribution is 2.38. The van der Waals surface area contributed by atoms with Gasteiger partial charge in [0.2, 0.25) is 0 Å². The number of alkyl halides is 1. The molecule has 0 saturated carbocycles. The van der Waals surface area contributed by atoms with Crippen LogP contribution in [-0.2, 0) is 9.53 Å². The molecule has 1 N–H and O–H groups in total. The van der Waals surface area contributed by atoms with E-state index in [-0.39, 0.29) is 5.97 Å². The fourth-order valence-electron chi connectivity index (χ4n) is 1.99. The van der Waals surface area contributed by atoms with E-state index in [0.29, 0.717) is 12.5 Å². The molecule has 0 amide bonds. The van der Waals surface area contributed by atoms with Gasteiger partial charge in [-0.3, -0.25) is 4.79 Å². The van der Waals surface area contributed by atoms with Crippen molar-refractivity contribution in [2.24, 2.45) is 0 Å². The Balaban J connectivity index is 1.81. The highest BCUT2D eigenvalue weighted by molar-refractivity contribution is 7.99. The molecule has 0 aromatic heterocycles. The number of carbonyl (C=O) groups excluding carboxylic acids is 1. The lowest BCUT2D eigenvalue weighted by atomic mass is 10.0. The van der Waals surface area contributed by atoms with Crippen LogP contribution in [0.3, 0.4) is 0 Å². The van der Waals surface area contributed by atoms with Crippen LogP contribution in [0.5, 0.6) is 0 Å². The highest BCUT2D eigenvalue weighted by atomic mass is 35.5. The number of thioether (sulfide) groups is 1. The van der Waals surface area contributed by atoms with Gasteiger partial charge < -0.3 is 10.1 Å². The molecule has 0 radical (unpaired) electrons. The molecule has 3 nitrogen and oxygen atoms in total. The zero-order chi connectivity index (χ0) is 13.0. The maximum atomic E-state index is 11.1. The van der Waals surface area contributed by atoms with E-state index in [4.69, 9.17) is 11.6 Å². The maximum absolute atomic E-state index is 11.1. The number of benzene rings is 1. The molecule has 2 atom stereocenters. The van der Waals surface area contributed by atoms with Crippen molar-refractivity contribution in [2.75, 3.05) is 26.0 Å². The van der Waals surface area contributed by atoms with Crippen molar-refractivity contribution in [3.63, 3.8) is 0 Å². The molecule has 0 aliphatic carbocycles. The number of carbonyl (C=O) groups is 1. The highest BCUT2D eigenvalue weighted by Gasteiger charge is 2.23. The Bertz CT molecular complexity index is 427. The Labute approximate surface area is 116 Å². The van der Waals surface area contributed by atoms with Crippen molar-refractivity contribution >= 4 is 29.3 Å². The smallest absolute Gasteiger partial charge is 0.325 e. The van der Waals surface area contributed by atoms with Crippen molar-refractivity contribution in [2.45, 2.75) is 16.2 Å². The lowest BCUT2D eigenvalue weighted by Crippen LogP contribution is -2.32. The third-order valence-corrected chi connectivity index (χ3v) is 4.55. The van der Waals surface area contributed by atoms with E-state index in [1.54, 1.807) is 0 Å². The van der Waals surface area contributed by atoms with Crippen LogP contribution in [-0.4, -0.2) is 37.3 Å². The summed E-state index contributed by atoms with van der Waals surface area (Å²) >= 11 is 7.76. The van der Waals surface area contributed by atoms with Crippen molar-refractivity contribution in [3.05, 3.63) is 29.8 Å². The van der Waals surface area contributed by atoms with E-state index in [1.165, 1.54) is 17.6 Å². The Hall–Kier alpha value is -0.710. The van der Waals surface area contributed by atoms with Gasteiger partial charge in [-0.1, -0.05) is 18.2 Å². The average molecular weight is 286 g/mol. The number of hydrogen-bond acceptors (Lipinski definition) is 4. The zero-order valence-corrected chi connectivity index (χ0v) is 11.8. The summed E-state index contributed by atoms with van der Waals surface area (Å²) in [5.41, 5.74) is 1.39. The van der Waals surface area contributed by atoms with Gasteiger partial charge in [-0.15, -0.1) is 23.4 Å². The van der Waals surface area contributed by atoms with Crippen LogP contribution < -0.4 is 5.32 Å². The molecule has 1 aliphatic heterocycles. The van der Waals surface area contributed by atoms with Crippen LogP contribution >= 0.6 is 23.4 Å². The van der Waals surface area contributed by atoms with Gasteiger partial charge in [0, 0.05) is 29.7 Å². The Morgan fingerprint density at radius 2 is 2.39 bits per heavy atom. The van der Waals surface area contributed by atoms with E-state index < -0.39 is 5.38 Å². The number of ether oxygens (including phenoxy) is 1. The third kappa shape index (κ3) is 3.19. The van der Waals surface area contributed by atoms with Crippen molar-refractivity contribution < 1.29 is 9.53 Å². The first-order valence-corrected chi connectivity index (χ1v) is 7.29. The van der Waals surface area contributed by atoms with Crippen LogP contribution in [0.2, 0.25) is 0 Å². The molecule has 2 rings (SSSR count). The number of hydrogen-bond donors (Lipinski definition) is 1. The molecule has 18 heavy (non-hydrogen) atoms. The Kier molecular flexibility index (Phi) is 4.92. The first-order valence-electron chi connectivity index (χ1n) is 5.86. The molecule has 5 heteroatoms. The summed E-state index contributed by atoms with van der Waals surface area (Å²) < 4.78 is 4.58. The topological polar surface area (TPSA) is 38.3 Å². The standard InChI is InChI=1S/C13H16ClNO2S/c1-17-13(16)11(14)7-15-6-9-8-18-12-5-3-2-4-10(9)12/h2-5,9,11,15H,6-8H2,1H3. The number of esters is 1. The van der Waals surface area contributed by atoms with E-state index in [2.05, 4.69) is 34.3 Å². The van der Waals surface area contributed by atoms with Gasteiger partial charge in [-0.2, -0.15) is 0 Å². The first kappa shape index (κ1) is 13.7. The number of rotatable bonds is 5. The molecule has 98 valence electrons. The molecule has 1 aromatic carbocycles. The normalized spacial score (nSPS) is 19.3. The van der Waals surface area contributed by atoms with Crippen LogP contribution in [0.1, 0.15) is 11.5 Å². The summed E-state index contributed by atoms with van der Waals surface area (Å²) in [5.74, 6) is 1.19. The molecule has 1 heterocycles. The lowest BCUT2D eigenvalue weighted by Gasteiger charge is -2.13. The van der Waals surface area contributed by atoms with Gasteiger partial charge in [0.15, 0.2) is 0 Å². The fourth-order valence-corrected chi connectivity index (χ4v) is 3.45. The SMILES string of the molecule is COC(=O)C(Cl)CNCC1CSc2ccccc21. The number of methoxy groups -OCH3 is 1. The third-order valence-electron chi connectivity index (χ3n) is 2.97. The van der Waals surface area contributed by atoms with Gasteiger partial charge in [-0.05, 0) is 11.6 Å². The average Bonchev–Trinajstić information content (AvgIpc) is 2.81. The molecule has 1 aliphatic rings. The maximum Gasteiger partial charge on any atom is 0.325 e. The summed E-state index contributed by atoms with van der Waals surface area (Å²) in [6.07, 6.45) is 0. The van der Waals surface area contributed by atoms with Gasteiger partial charge in [0.05, 0.1) is 7.11 Å². The van der Waals surface area contributed by atoms with Crippen LogP contribution in [0.25, 0.3) is 0 Å². The van der Waals surface area contributed by atoms with E-state index >= 15 is 0 Å². The lowest BCUT2D eigenvalue weighted by molar-refractivity contribution is -0.140. The second-order valence-electron chi connectivity index (χ2n) is 4.19. The summed E-state index contributed by atoms with van der Waals surface area (Å²) in [7, 11) is 1.35. The summed E-state index contributed by atoms with van der Waals surface area (Å²) in [5, 5.41) is 2.63. The van der Waals surface area contributed by atoms with Gasteiger partial charge in [-0.25, -0.2) is 0 Å². The van der Waals surface area contributed by atoms with Gasteiger partial charge in [0.1, 0.15) is 5.38 Å². The first-order chi connectivity index (χ1) is 8.72. The van der Waals surface area contributed by atoms with E-state index in [1.807, 2.05) is 11.8 Å². The molecular formula is C13H16ClNO2S. The molecule has 0 spiro atoms. The molecule has 0 fully saturated rings.